The van der Waals surface area contributed by atoms with E-state index in [1.54, 1.807) is 18.2 Å². The van der Waals surface area contributed by atoms with Gasteiger partial charge < -0.3 is 4.74 Å². The van der Waals surface area contributed by atoms with Gasteiger partial charge in [0.05, 0.1) is 11.2 Å². The van der Waals surface area contributed by atoms with Crippen LogP contribution in [0.1, 0.15) is 37.6 Å². The van der Waals surface area contributed by atoms with Crippen LogP contribution < -0.4 is 0 Å². The topological polar surface area (TPSA) is 26.3 Å². The second-order valence-corrected chi connectivity index (χ2v) is 6.94. The van der Waals surface area contributed by atoms with Crippen molar-refractivity contribution in [3.05, 3.63) is 33.8 Å². The van der Waals surface area contributed by atoms with E-state index in [4.69, 9.17) is 27.9 Å². The Bertz CT molecular complexity index is 421. The molecule has 1 aromatic rings. The summed E-state index contributed by atoms with van der Waals surface area (Å²) in [6.45, 7) is 5.51. The maximum Gasteiger partial charge on any atom is 0.307 e. The molecule has 0 bridgehead atoms. The Labute approximate surface area is 126 Å². The monoisotopic (exact) mass is 352 g/mol. The average Bonchev–Trinajstić information content (AvgIpc) is 2.12. The summed E-state index contributed by atoms with van der Waals surface area (Å²) in [5.41, 5.74) is 0.383. The number of benzene rings is 1. The fourth-order valence-corrected chi connectivity index (χ4v) is 2.47. The van der Waals surface area contributed by atoms with E-state index in [-0.39, 0.29) is 17.2 Å². The number of ether oxygens (including phenoxy) is 1. The van der Waals surface area contributed by atoms with Gasteiger partial charge >= 0.3 is 5.97 Å². The number of alkyl halides is 1. The number of hydrogen-bond donors (Lipinski definition) is 0. The molecule has 1 rings (SSSR count). The van der Waals surface area contributed by atoms with Gasteiger partial charge in [-0.05, 0) is 44.5 Å². The normalized spacial score (nSPS) is 13.2. The molecule has 0 saturated heterocycles. The molecule has 0 spiro atoms. The number of esters is 1. The molecule has 0 heterocycles. The number of rotatable bonds is 3. The highest BCUT2D eigenvalue weighted by Crippen LogP contribution is 2.31. The summed E-state index contributed by atoms with van der Waals surface area (Å²) in [6.07, 6.45) is 0.230. The third-order valence-electron chi connectivity index (χ3n) is 2.01. The predicted molar refractivity (Wildman–Crippen MR) is 78.6 cm³/mol. The molecular formula is C13H15BrCl2O2. The smallest absolute Gasteiger partial charge is 0.307 e. The van der Waals surface area contributed by atoms with Crippen molar-refractivity contribution < 1.29 is 9.53 Å². The fourth-order valence-electron chi connectivity index (χ4n) is 1.40. The Morgan fingerprint density at radius 2 is 1.78 bits per heavy atom. The van der Waals surface area contributed by atoms with Crippen molar-refractivity contribution >= 4 is 45.1 Å². The highest BCUT2D eigenvalue weighted by Gasteiger charge is 2.20. The molecule has 1 aromatic carbocycles. The minimum Gasteiger partial charge on any atom is -0.460 e. The lowest BCUT2D eigenvalue weighted by molar-refractivity contribution is -0.154. The summed E-state index contributed by atoms with van der Waals surface area (Å²) in [7, 11) is 0. The maximum absolute atomic E-state index is 11.7. The summed E-state index contributed by atoms with van der Waals surface area (Å²) in [4.78, 5) is 11.5. The molecule has 0 saturated carbocycles. The average molecular weight is 354 g/mol. The number of hydrogen-bond acceptors (Lipinski definition) is 2. The number of halogens is 3. The lowest BCUT2D eigenvalue weighted by Crippen LogP contribution is -2.24. The largest absolute Gasteiger partial charge is 0.460 e. The predicted octanol–water partition coefficient (Wildman–Crippen LogP) is 5.16. The lowest BCUT2D eigenvalue weighted by Gasteiger charge is -2.20. The molecule has 0 aliphatic heterocycles. The first-order chi connectivity index (χ1) is 8.17. The Balaban J connectivity index is 2.70. The summed E-state index contributed by atoms with van der Waals surface area (Å²) >= 11 is 15.3. The molecule has 100 valence electrons. The van der Waals surface area contributed by atoms with Crippen LogP contribution in [0.25, 0.3) is 0 Å². The minimum absolute atomic E-state index is 0.163. The molecule has 0 radical (unpaired) electrons. The van der Waals surface area contributed by atoms with Gasteiger partial charge in [-0.1, -0.05) is 39.1 Å². The van der Waals surface area contributed by atoms with Gasteiger partial charge in [0.1, 0.15) is 5.60 Å². The minimum atomic E-state index is -0.476. The van der Waals surface area contributed by atoms with E-state index in [2.05, 4.69) is 15.9 Å². The fraction of sp³-hybridized carbons (Fsp3) is 0.462. The first kappa shape index (κ1) is 15.8. The van der Waals surface area contributed by atoms with Crippen molar-refractivity contribution in [1.82, 2.24) is 0 Å². The highest BCUT2D eigenvalue weighted by atomic mass is 79.9. The second kappa shape index (κ2) is 6.27. The Hall–Kier alpha value is -0.250. The molecule has 0 aliphatic rings. The van der Waals surface area contributed by atoms with E-state index in [9.17, 15) is 4.79 Å². The Morgan fingerprint density at radius 3 is 2.22 bits per heavy atom. The van der Waals surface area contributed by atoms with E-state index >= 15 is 0 Å². The maximum atomic E-state index is 11.7. The van der Waals surface area contributed by atoms with Crippen LogP contribution in [0.15, 0.2) is 18.2 Å². The quantitative estimate of drug-likeness (QED) is 0.554. The van der Waals surface area contributed by atoms with Gasteiger partial charge in [0.25, 0.3) is 0 Å². The van der Waals surface area contributed by atoms with Crippen LogP contribution in [0.3, 0.4) is 0 Å². The van der Waals surface area contributed by atoms with Gasteiger partial charge in [-0.3, -0.25) is 4.79 Å². The summed E-state index contributed by atoms with van der Waals surface area (Å²) in [6, 6.07) is 5.20. The first-order valence-electron chi connectivity index (χ1n) is 5.49. The number of carbonyl (C=O) groups excluding carboxylic acids is 1. The van der Waals surface area contributed by atoms with Gasteiger partial charge in [-0.2, -0.15) is 0 Å². The van der Waals surface area contributed by atoms with E-state index in [1.165, 1.54) is 0 Å². The molecule has 0 fully saturated rings. The SMILES string of the molecule is CC(C)(C)OC(=O)CC(Br)c1cc(Cl)cc(Cl)c1. The molecule has 18 heavy (non-hydrogen) atoms. The summed E-state index contributed by atoms with van der Waals surface area (Å²) in [5, 5.41) is 1.09. The molecule has 2 nitrogen and oxygen atoms in total. The van der Waals surface area contributed by atoms with Crippen molar-refractivity contribution in [3.8, 4) is 0 Å². The van der Waals surface area contributed by atoms with Crippen molar-refractivity contribution in [2.24, 2.45) is 0 Å². The van der Waals surface area contributed by atoms with Crippen LogP contribution in [0, 0.1) is 0 Å². The Morgan fingerprint density at radius 1 is 1.28 bits per heavy atom. The molecule has 5 heteroatoms. The zero-order valence-electron chi connectivity index (χ0n) is 10.5. The molecule has 0 N–H and O–H groups in total. The summed E-state index contributed by atoms with van der Waals surface area (Å²) in [5.74, 6) is -0.263. The van der Waals surface area contributed by atoms with E-state index in [1.807, 2.05) is 20.8 Å². The van der Waals surface area contributed by atoms with Crippen molar-refractivity contribution in [3.63, 3.8) is 0 Å². The van der Waals surface area contributed by atoms with Crippen molar-refractivity contribution in [1.29, 1.82) is 0 Å². The molecule has 0 aromatic heterocycles. The van der Waals surface area contributed by atoms with Crippen LogP contribution in [-0.2, 0) is 9.53 Å². The molecule has 1 unspecified atom stereocenters. The van der Waals surface area contributed by atoms with Crippen LogP contribution in [0.2, 0.25) is 10.0 Å². The number of carbonyl (C=O) groups is 1. The third kappa shape index (κ3) is 5.59. The standard InChI is InChI=1S/C13H15BrCl2O2/c1-13(2,3)18-12(17)7-11(14)8-4-9(15)6-10(16)5-8/h4-6,11H,7H2,1-3H3. The van der Waals surface area contributed by atoms with Crippen molar-refractivity contribution in [2.45, 2.75) is 37.6 Å². The molecule has 1 atom stereocenters. The third-order valence-corrected chi connectivity index (χ3v) is 3.30. The van der Waals surface area contributed by atoms with Gasteiger partial charge in [0.15, 0.2) is 0 Å². The molecular weight excluding hydrogens is 339 g/mol. The zero-order valence-corrected chi connectivity index (χ0v) is 13.6. The lowest BCUT2D eigenvalue weighted by atomic mass is 10.1. The van der Waals surface area contributed by atoms with E-state index in [0.717, 1.165) is 5.56 Å². The zero-order chi connectivity index (χ0) is 13.9. The van der Waals surface area contributed by atoms with Crippen LogP contribution in [0.5, 0.6) is 0 Å². The van der Waals surface area contributed by atoms with Crippen molar-refractivity contribution in [2.75, 3.05) is 0 Å². The van der Waals surface area contributed by atoms with Gasteiger partial charge in [-0.15, -0.1) is 0 Å². The molecule has 0 aliphatic carbocycles. The first-order valence-corrected chi connectivity index (χ1v) is 7.16. The van der Waals surface area contributed by atoms with E-state index < -0.39 is 5.60 Å². The second-order valence-electron chi connectivity index (χ2n) is 4.96. The Kier molecular flexibility index (Phi) is 5.50. The molecule has 0 amide bonds. The summed E-state index contributed by atoms with van der Waals surface area (Å²) < 4.78 is 5.26. The highest BCUT2D eigenvalue weighted by molar-refractivity contribution is 9.09. The van der Waals surface area contributed by atoms with Gasteiger partial charge in [0.2, 0.25) is 0 Å². The van der Waals surface area contributed by atoms with Crippen LogP contribution >= 0.6 is 39.1 Å². The van der Waals surface area contributed by atoms with Crippen LogP contribution in [-0.4, -0.2) is 11.6 Å². The van der Waals surface area contributed by atoms with Gasteiger partial charge in [0, 0.05) is 10.0 Å². The van der Waals surface area contributed by atoms with Gasteiger partial charge in [-0.25, -0.2) is 0 Å². The van der Waals surface area contributed by atoms with E-state index in [0.29, 0.717) is 10.0 Å². The van der Waals surface area contributed by atoms with Crippen LogP contribution in [0.4, 0.5) is 0 Å².